The lowest BCUT2D eigenvalue weighted by molar-refractivity contribution is -0.384. The van der Waals surface area contributed by atoms with Crippen LogP contribution in [0.3, 0.4) is 0 Å². The molecule has 1 saturated carbocycles. The van der Waals surface area contributed by atoms with Gasteiger partial charge in [-0.1, -0.05) is 19.3 Å². The first kappa shape index (κ1) is 20.4. The second kappa shape index (κ2) is 7.59. The normalized spacial score (nSPS) is 16.9. The van der Waals surface area contributed by atoms with Crippen molar-refractivity contribution in [3.63, 3.8) is 0 Å². The van der Waals surface area contributed by atoms with Crippen LogP contribution in [0, 0.1) is 10.1 Å². The van der Waals surface area contributed by atoms with Gasteiger partial charge in [0.2, 0.25) is 0 Å². The van der Waals surface area contributed by atoms with Crippen LogP contribution in [0.1, 0.15) is 37.7 Å². The minimum atomic E-state index is -4.28. The lowest BCUT2D eigenvalue weighted by atomic mass is 9.83. The number of benzene rings is 1. The molecule has 3 rings (SSSR count). The minimum Gasteiger partial charge on any atom is -0.324 e. The fourth-order valence-electron chi connectivity index (χ4n) is 3.82. The molecule has 0 aliphatic heterocycles. The second-order valence-corrected chi connectivity index (χ2v) is 8.86. The van der Waals surface area contributed by atoms with E-state index in [0.717, 1.165) is 25.3 Å². The molecule has 0 spiro atoms. The maximum atomic E-state index is 11.7. The van der Waals surface area contributed by atoms with E-state index in [0.29, 0.717) is 18.4 Å². The van der Waals surface area contributed by atoms with Crippen LogP contribution in [0.5, 0.6) is 0 Å². The number of aromatic nitrogens is 2. The first-order valence-corrected chi connectivity index (χ1v) is 10.6. The lowest BCUT2D eigenvalue weighted by Gasteiger charge is -2.38. The summed E-state index contributed by atoms with van der Waals surface area (Å²) in [5, 5.41) is 14.4. The summed E-state index contributed by atoms with van der Waals surface area (Å²) in [6.45, 7) is 0.0418. The molecule has 1 aromatic carbocycles. The number of hydrogen-bond donors (Lipinski definition) is 5. The number of hydrogen-bond acceptors (Lipinski definition) is 6. The predicted molar refractivity (Wildman–Crippen MR) is 101 cm³/mol. The summed E-state index contributed by atoms with van der Waals surface area (Å²) in [4.78, 5) is 57.6. The third kappa shape index (κ3) is 4.56. The minimum absolute atomic E-state index is 0.0418. The molecule has 5 N–H and O–H groups in total. The SMILES string of the molecule is O=c1[nH]c2cc([N+](=O)[O-])cc(CNC3(CP(=O)(O)O)CCCCC3)c2[nH]c1=O. The Kier molecular flexibility index (Phi) is 5.53. The smallest absolute Gasteiger partial charge is 0.324 e. The number of nitrogens with zero attached hydrogens (tertiary/aromatic N) is 1. The Hall–Kier alpha value is -2.33. The molecular weight excluding hydrogens is 391 g/mol. The number of nitro benzene ring substituents is 1. The fraction of sp³-hybridized carbons (Fsp3) is 0.500. The first-order valence-electron chi connectivity index (χ1n) is 8.82. The van der Waals surface area contributed by atoms with Crippen molar-refractivity contribution in [3.8, 4) is 0 Å². The van der Waals surface area contributed by atoms with Gasteiger partial charge in [0.1, 0.15) is 0 Å². The molecule has 0 radical (unpaired) electrons. The third-order valence-corrected chi connectivity index (χ3v) is 6.10. The van der Waals surface area contributed by atoms with Crippen LogP contribution in [-0.2, 0) is 11.1 Å². The summed E-state index contributed by atoms with van der Waals surface area (Å²) in [5.74, 6) is 0. The lowest BCUT2D eigenvalue weighted by Crippen LogP contribution is -2.49. The van der Waals surface area contributed by atoms with E-state index in [4.69, 9.17) is 0 Å². The Morgan fingerprint density at radius 2 is 1.79 bits per heavy atom. The molecule has 152 valence electrons. The maximum absolute atomic E-state index is 11.7. The second-order valence-electron chi connectivity index (χ2n) is 7.21. The number of nitro groups is 1. The van der Waals surface area contributed by atoms with Gasteiger partial charge in [0.05, 0.1) is 22.1 Å². The highest BCUT2D eigenvalue weighted by Gasteiger charge is 2.37. The Bertz CT molecular complexity index is 1060. The summed E-state index contributed by atoms with van der Waals surface area (Å²) >= 11 is 0. The van der Waals surface area contributed by atoms with E-state index >= 15 is 0 Å². The van der Waals surface area contributed by atoms with Gasteiger partial charge in [-0.2, -0.15) is 0 Å². The Labute approximate surface area is 158 Å². The number of H-pyrrole nitrogens is 2. The van der Waals surface area contributed by atoms with Crippen molar-refractivity contribution >= 4 is 24.3 Å². The van der Waals surface area contributed by atoms with Crippen LogP contribution in [0.15, 0.2) is 21.7 Å². The van der Waals surface area contributed by atoms with Gasteiger partial charge in [-0.25, -0.2) is 0 Å². The van der Waals surface area contributed by atoms with Crippen LogP contribution in [0.4, 0.5) is 5.69 Å². The Balaban J connectivity index is 2.01. The molecule has 0 atom stereocenters. The van der Waals surface area contributed by atoms with Crippen molar-refractivity contribution in [2.75, 3.05) is 6.16 Å². The number of rotatable bonds is 6. The van der Waals surface area contributed by atoms with Crippen molar-refractivity contribution in [2.45, 2.75) is 44.2 Å². The predicted octanol–water partition coefficient (Wildman–Crippen LogP) is 1.09. The Morgan fingerprint density at radius 1 is 1.14 bits per heavy atom. The summed E-state index contributed by atoms with van der Waals surface area (Å²) in [5.41, 5.74) is -2.15. The largest absolute Gasteiger partial charge is 0.327 e. The van der Waals surface area contributed by atoms with Crippen LogP contribution in [0.25, 0.3) is 11.0 Å². The van der Waals surface area contributed by atoms with Crippen molar-refractivity contribution in [3.05, 3.63) is 48.5 Å². The quantitative estimate of drug-likeness (QED) is 0.202. The third-order valence-electron chi connectivity index (χ3n) is 5.08. The average molecular weight is 412 g/mol. The van der Waals surface area contributed by atoms with E-state index in [9.17, 15) is 34.1 Å². The first-order chi connectivity index (χ1) is 13.1. The molecule has 1 aromatic heterocycles. The molecular formula is C16H21N4O7P. The van der Waals surface area contributed by atoms with Gasteiger partial charge >= 0.3 is 18.7 Å². The zero-order chi connectivity index (χ0) is 20.5. The van der Waals surface area contributed by atoms with Gasteiger partial charge in [0.15, 0.2) is 0 Å². The van der Waals surface area contributed by atoms with E-state index in [2.05, 4.69) is 15.3 Å². The van der Waals surface area contributed by atoms with Gasteiger partial charge in [-0.15, -0.1) is 0 Å². The zero-order valence-electron chi connectivity index (χ0n) is 14.9. The monoisotopic (exact) mass is 412 g/mol. The summed E-state index contributed by atoms with van der Waals surface area (Å²) in [7, 11) is -4.28. The van der Waals surface area contributed by atoms with E-state index in [1.807, 2.05) is 0 Å². The molecule has 2 aromatic rings. The summed E-state index contributed by atoms with van der Waals surface area (Å²) in [6.07, 6.45) is 3.40. The van der Waals surface area contributed by atoms with Crippen LogP contribution < -0.4 is 16.4 Å². The molecule has 0 bridgehead atoms. The van der Waals surface area contributed by atoms with Crippen molar-refractivity contribution in [2.24, 2.45) is 0 Å². The standard InChI is InChI=1S/C16H21N4O7P/c21-14-15(22)19-13-10(6-11(20(23)24)7-12(13)18-14)8-17-16(9-28(25,26)27)4-2-1-3-5-16/h6-7,17H,1-5,8-9H2,(H,18,21)(H,19,22)(H2,25,26,27). The number of nitrogens with one attached hydrogen (secondary N) is 3. The summed E-state index contributed by atoms with van der Waals surface area (Å²) in [6, 6.07) is 2.43. The topological polar surface area (TPSA) is 178 Å². The maximum Gasteiger partial charge on any atom is 0.327 e. The zero-order valence-corrected chi connectivity index (χ0v) is 15.8. The Morgan fingerprint density at radius 3 is 2.39 bits per heavy atom. The molecule has 12 heteroatoms. The molecule has 1 aliphatic rings. The van der Waals surface area contributed by atoms with Gasteiger partial charge in [0, 0.05) is 24.2 Å². The van der Waals surface area contributed by atoms with E-state index < -0.39 is 29.2 Å². The number of fused-ring (bicyclic) bond motifs is 1. The van der Waals surface area contributed by atoms with Crippen LogP contribution >= 0.6 is 7.60 Å². The average Bonchev–Trinajstić information content (AvgIpc) is 2.60. The molecule has 1 fully saturated rings. The van der Waals surface area contributed by atoms with Gasteiger partial charge in [0.25, 0.3) is 5.69 Å². The molecule has 11 nitrogen and oxygen atoms in total. The number of aromatic amines is 2. The molecule has 1 aliphatic carbocycles. The molecule has 28 heavy (non-hydrogen) atoms. The highest BCUT2D eigenvalue weighted by atomic mass is 31.2. The highest BCUT2D eigenvalue weighted by Crippen LogP contribution is 2.43. The summed E-state index contributed by atoms with van der Waals surface area (Å²) < 4.78 is 11.6. The van der Waals surface area contributed by atoms with Crippen LogP contribution in [0.2, 0.25) is 0 Å². The van der Waals surface area contributed by atoms with Gasteiger partial charge < -0.3 is 25.1 Å². The molecule has 0 amide bonds. The number of non-ortho nitro benzene ring substituents is 1. The van der Waals surface area contributed by atoms with Gasteiger partial charge in [-0.05, 0) is 18.4 Å². The van der Waals surface area contributed by atoms with Crippen molar-refractivity contribution in [1.82, 2.24) is 15.3 Å². The van der Waals surface area contributed by atoms with Gasteiger partial charge in [-0.3, -0.25) is 24.3 Å². The fourth-order valence-corrected chi connectivity index (χ4v) is 5.04. The molecule has 0 saturated heterocycles. The van der Waals surface area contributed by atoms with Crippen molar-refractivity contribution in [1.29, 1.82) is 0 Å². The van der Waals surface area contributed by atoms with E-state index in [1.165, 1.54) is 6.07 Å². The molecule has 0 unspecified atom stereocenters. The highest BCUT2D eigenvalue weighted by molar-refractivity contribution is 7.51. The van der Waals surface area contributed by atoms with E-state index in [1.54, 1.807) is 0 Å². The molecule has 1 heterocycles. The van der Waals surface area contributed by atoms with Crippen LogP contribution in [-0.4, -0.2) is 36.4 Å². The van der Waals surface area contributed by atoms with E-state index in [-0.39, 0.29) is 29.4 Å². The van der Waals surface area contributed by atoms with Crippen molar-refractivity contribution < 1.29 is 19.3 Å².